The standard InChI is InChI=1S/C13H14BrNO2/c1-3-17-13(16)6-10-4-5-11(8-15)9(2)12(10)7-14/h4-5H,3,6-7H2,1-2H3. The predicted molar refractivity (Wildman–Crippen MR) is 68.9 cm³/mol. The van der Waals surface area contributed by atoms with E-state index in [0.717, 1.165) is 16.7 Å². The van der Waals surface area contributed by atoms with E-state index in [1.807, 2.05) is 13.0 Å². The highest BCUT2D eigenvalue weighted by Gasteiger charge is 2.12. The minimum atomic E-state index is -0.237. The van der Waals surface area contributed by atoms with E-state index in [1.165, 1.54) is 0 Å². The molecule has 0 unspecified atom stereocenters. The van der Waals surface area contributed by atoms with Crippen LogP contribution in [0.15, 0.2) is 12.1 Å². The maximum Gasteiger partial charge on any atom is 0.310 e. The normalized spacial score (nSPS) is 9.76. The summed E-state index contributed by atoms with van der Waals surface area (Å²) in [5.74, 6) is -0.237. The Bertz CT molecular complexity index is 463. The zero-order valence-electron chi connectivity index (χ0n) is 9.92. The molecule has 90 valence electrons. The Balaban J connectivity index is 3.05. The van der Waals surface area contributed by atoms with E-state index in [2.05, 4.69) is 22.0 Å². The highest BCUT2D eigenvalue weighted by Crippen LogP contribution is 2.21. The summed E-state index contributed by atoms with van der Waals surface area (Å²) in [7, 11) is 0. The molecule has 0 spiro atoms. The second-order valence-corrected chi connectivity index (χ2v) is 4.16. The zero-order valence-corrected chi connectivity index (χ0v) is 11.5. The van der Waals surface area contributed by atoms with Crippen molar-refractivity contribution in [1.82, 2.24) is 0 Å². The molecular formula is C13H14BrNO2. The van der Waals surface area contributed by atoms with E-state index < -0.39 is 0 Å². The Morgan fingerprint density at radius 3 is 2.76 bits per heavy atom. The van der Waals surface area contributed by atoms with Crippen LogP contribution in [0, 0.1) is 18.3 Å². The Hall–Kier alpha value is -1.34. The number of hydrogen-bond acceptors (Lipinski definition) is 3. The molecule has 0 fully saturated rings. The van der Waals surface area contributed by atoms with Crippen molar-refractivity contribution in [2.75, 3.05) is 6.61 Å². The number of halogens is 1. The zero-order chi connectivity index (χ0) is 12.8. The Morgan fingerprint density at radius 2 is 2.24 bits per heavy atom. The molecule has 1 rings (SSSR count). The van der Waals surface area contributed by atoms with Crippen LogP contribution in [-0.2, 0) is 21.3 Å². The number of nitriles is 1. The molecule has 0 saturated carbocycles. The minimum Gasteiger partial charge on any atom is -0.466 e. The van der Waals surface area contributed by atoms with Crippen molar-refractivity contribution < 1.29 is 9.53 Å². The molecule has 0 aliphatic carbocycles. The summed E-state index contributed by atoms with van der Waals surface area (Å²) in [6.07, 6.45) is 0.251. The molecule has 0 amide bonds. The first kappa shape index (κ1) is 13.7. The van der Waals surface area contributed by atoms with Gasteiger partial charge in [-0.2, -0.15) is 5.26 Å². The fourth-order valence-corrected chi connectivity index (χ4v) is 2.43. The number of esters is 1. The smallest absolute Gasteiger partial charge is 0.310 e. The van der Waals surface area contributed by atoms with Gasteiger partial charge >= 0.3 is 5.97 Å². The third kappa shape index (κ3) is 3.31. The molecule has 0 aliphatic heterocycles. The van der Waals surface area contributed by atoms with Crippen LogP contribution in [0.3, 0.4) is 0 Å². The molecule has 0 heterocycles. The highest BCUT2D eigenvalue weighted by atomic mass is 79.9. The van der Waals surface area contributed by atoms with Crippen molar-refractivity contribution in [3.63, 3.8) is 0 Å². The highest BCUT2D eigenvalue weighted by molar-refractivity contribution is 9.08. The second kappa shape index (κ2) is 6.41. The SMILES string of the molecule is CCOC(=O)Cc1ccc(C#N)c(C)c1CBr. The van der Waals surface area contributed by atoms with E-state index in [0.29, 0.717) is 17.5 Å². The van der Waals surface area contributed by atoms with E-state index in [9.17, 15) is 4.79 Å². The molecular weight excluding hydrogens is 282 g/mol. The molecule has 3 nitrogen and oxygen atoms in total. The molecule has 0 aliphatic rings. The molecule has 0 saturated heterocycles. The summed E-state index contributed by atoms with van der Waals surface area (Å²) in [6.45, 7) is 4.06. The van der Waals surface area contributed by atoms with Gasteiger partial charge in [-0.3, -0.25) is 4.79 Å². The van der Waals surface area contributed by atoms with Crippen LogP contribution in [0.4, 0.5) is 0 Å². The first-order valence-corrected chi connectivity index (χ1v) is 6.49. The Morgan fingerprint density at radius 1 is 1.53 bits per heavy atom. The van der Waals surface area contributed by atoms with Crippen LogP contribution in [0.25, 0.3) is 0 Å². The van der Waals surface area contributed by atoms with Crippen LogP contribution >= 0.6 is 15.9 Å². The topological polar surface area (TPSA) is 50.1 Å². The first-order chi connectivity index (χ1) is 8.13. The Kier molecular flexibility index (Phi) is 5.17. The van der Waals surface area contributed by atoms with Gasteiger partial charge in [0, 0.05) is 5.33 Å². The fraction of sp³-hybridized carbons (Fsp3) is 0.385. The van der Waals surface area contributed by atoms with Crippen LogP contribution in [-0.4, -0.2) is 12.6 Å². The van der Waals surface area contributed by atoms with Crippen molar-refractivity contribution in [1.29, 1.82) is 5.26 Å². The lowest BCUT2D eigenvalue weighted by Crippen LogP contribution is -2.10. The van der Waals surface area contributed by atoms with Gasteiger partial charge in [-0.25, -0.2) is 0 Å². The van der Waals surface area contributed by atoms with Gasteiger partial charge in [0.25, 0.3) is 0 Å². The summed E-state index contributed by atoms with van der Waals surface area (Å²) in [5, 5.41) is 9.57. The largest absolute Gasteiger partial charge is 0.466 e. The monoisotopic (exact) mass is 295 g/mol. The summed E-state index contributed by atoms with van der Waals surface area (Å²) >= 11 is 3.39. The summed E-state index contributed by atoms with van der Waals surface area (Å²) in [5.41, 5.74) is 3.48. The third-order valence-corrected chi connectivity index (χ3v) is 3.15. The van der Waals surface area contributed by atoms with Gasteiger partial charge < -0.3 is 4.74 Å². The second-order valence-electron chi connectivity index (χ2n) is 3.60. The lowest BCUT2D eigenvalue weighted by molar-refractivity contribution is -0.142. The van der Waals surface area contributed by atoms with E-state index >= 15 is 0 Å². The van der Waals surface area contributed by atoms with Crippen LogP contribution in [0.5, 0.6) is 0 Å². The third-order valence-electron chi connectivity index (χ3n) is 2.59. The fourth-order valence-electron chi connectivity index (χ4n) is 1.65. The van der Waals surface area contributed by atoms with Gasteiger partial charge in [0.05, 0.1) is 24.7 Å². The predicted octanol–water partition coefficient (Wildman–Crippen LogP) is 2.87. The first-order valence-electron chi connectivity index (χ1n) is 5.37. The quantitative estimate of drug-likeness (QED) is 0.634. The Labute approximate surface area is 110 Å². The number of carbonyl (C=O) groups excluding carboxylic acids is 1. The van der Waals surface area contributed by atoms with Gasteiger partial charge in [0.15, 0.2) is 0 Å². The molecule has 0 radical (unpaired) electrons. The number of nitrogens with zero attached hydrogens (tertiary/aromatic N) is 1. The molecule has 1 aromatic rings. The molecule has 0 atom stereocenters. The van der Waals surface area contributed by atoms with Gasteiger partial charge in [0.1, 0.15) is 0 Å². The van der Waals surface area contributed by atoms with Crippen molar-refractivity contribution in [3.8, 4) is 6.07 Å². The summed E-state index contributed by atoms with van der Waals surface area (Å²) in [6, 6.07) is 5.70. The van der Waals surface area contributed by atoms with Crippen molar-refractivity contribution in [2.45, 2.75) is 25.6 Å². The summed E-state index contributed by atoms with van der Waals surface area (Å²) < 4.78 is 4.92. The van der Waals surface area contributed by atoms with Gasteiger partial charge in [-0.15, -0.1) is 0 Å². The van der Waals surface area contributed by atoms with Crippen LogP contribution in [0.2, 0.25) is 0 Å². The minimum absolute atomic E-state index is 0.237. The van der Waals surface area contributed by atoms with Gasteiger partial charge in [0.2, 0.25) is 0 Å². The van der Waals surface area contributed by atoms with E-state index in [4.69, 9.17) is 10.00 Å². The lowest BCUT2D eigenvalue weighted by atomic mass is 9.97. The number of alkyl halides is 1. The van der Waals surface area contributed by atoms with E-state index in [1.54, 1.807) is 13.0 Å². The molecule has 17 heavy (non-hydrogen) atoms. The van der Waals surface area contributed by atoms with Crippen molar-refractivity contribution in [3.05, 3.63) is 34.4 Å². The van der Waals surface area contributed by atoms with Crippen LogP contribution < -0.4 is 0 Å². The average molecular weight is 296 g/mol. The summed E-state index contributed by atoms with van der Waals surface area (Å²) in [4.78, 5) is 11.4. The number of carbonyl (C=O) groups is 1. The lowest BCUT2D eigenvalue weighted by Gasteiger charge is -2.11. The number of benzene rings is 1. The average Bonchev–Trinajstić information content (AvgIpc) is 2.30. The number of ether oxygens (including phenoxy) is 1. The number of hydrogen-bond donors (Lipinski definition) is 0. The maximum absolute atomic E-state index is 11.4. The van der Waals surface area contributed by atoms with Crippen LogP contribution in [0.1, 0.15) is 29.2 Å². The molecule has 4 heteroatoms. The van der Waals surface area contributed by atoms with Gasteiger partial charge in [-0.1, -0.05) is 22.0 Å². The number of rotatable bonds is 4. The van der Waals surface area contributed by atoms with E-state index in [-0.39, 0.29) is 12.4 Å². The maximum atomic E-state index is 11.4. The van der Waals surface area contributed by atoms with Gasteiger partial charge in [-0.05, 0) is 36.6 Å². The molecule has 0 N–H and O–H groups in total. The van der Waals surface area contributed by atoms with Crippen molar-refractivity contribution >= 4 is 21.9 Å². The molecule has 0 bridgehead atoms. The van der Waals surface area contributed by atoms with Crippen molar-refractivity contribution in [2.24, 2.45) is 0 Å². The molecule has 0 aromatic heterocycles. The molecule has 1 aromatic carbocycles.